The summed E-state index contributed by atoms with van der Waals surface area (Å²) in [5.41, 5.74) is 2.11. The van der Waals surface area contributed by atoms with Gasteiger partial charge in [0.15, 0.2) is 5.17 Å². The van der Waals surface area contributed by atoms with E-state index in [1.54, 1.807) is 47.1 Å². The molecule has 0 spiro atoms. The Bertz CT molecular complexity index is 1200. The number of aliphatic imine (C=N–C) groups is 1. The summed E-state index contributed by atoms with van der Waals surface area (Å²) in [6, 6.07) is 8.63. The molecule has 2 aromatic heterocycles. The van der Waals surface area contributed by atoms with Gasteiger partial charge in [-0.25, -0.2) is 9.31 Å². The average Bonchev–Trinajstić information content (AvgIpc) is 3.27. The van der Waals surface area contributed by atoms with E-state index in [9.17, 15) is 9.59 Å². The number of methoxy groups -OCH3 is 1. The quantitative estimate of drug-likeness (QED) is 0.470. The van der Waals surface area contributed by atoms with Crippen molar-refractivity contribution in [1.29, 1.82) is 0 Å². The fraction of sp³-hybridized carbons (Fsp3) is 0.0526. The number of halogens is 2. The number of hydrogen-bond acceptors (Lipinski definition) is 6. The Hall–Kier alpha value is -2.81. The van der Waals surface area contributed by atoms with Crippen LogP contribution in [-0.2, 0) is 9.53 Å². The van der Waals surface area contributed by atoms with Crippen molar-refractivity contribution in [3.8, 4) is 0 Å². The topological polar surface area (TPSA) is 85.1 Å². The van der Waals surface area contributed by atoms with Crippen LogP contribution < -0.4 is 5.32 Å². The molecule has 1 N–H and O–H groups in total. The molecule has 0 fully saturated rings. The molecule has 0 saturated heterocycles. The number of para-hydroxylation sites is 1. The van der Waals surface area contributed by atoms with Gasteiger partial charge in [-0.3, -0.25) is 4.79 Å². The number of amides is 1. The van der Waals surface area contributed by atoms with Crippen molar-refractivity contribution < 1.29 is 14.3 Å². The van der Waals surface area contributed by atoms with E-state index in [2.05, 4.69) is 15.4 Å². The van der Waals surface area contributed by atoms with Crippen molar-refractivity contribution in [3.05, 3.63) is 68.8 Å². The van der Waals surface area contributed by atoms with E-state index in [0.717, 1.165) is 0 Å². The van der Waals surface area contributed by atoms with Gasteiger partial charge in [-0.1, -0.05) is 29.3 Å². The number of ether oxygens (including phenoxy) is 1. The van der Waals surface area contributed by atoms with Gasteiger partial charge in [0, 0.05) is 6.20 Å². The number of nitrogens with one attached hydrogen (secondary N) is 1. The predicted octanol–water partition coefficient (Wildman–Crippen LogP) is 4.51. The van der Waals surface area contributed by atoms with Gasteiger partial charge in [-0.2, -0.15) is 10.1 Å². The van der Waals surface area contributed by atoms with E-state index in [-0.39, 0.29) is 5.91 Å². The van der Waals surface area contributed by atoms with Crippen molar-refractivity contribution >= 4 is 69.3 Å². The van der Waals surface area contributed by atoms with E-state index in [1.165, 1.54) is 25.1 Å². The van der Waals surface area contributed by atoms with Crippen molar-refractivity contribution in [2.45, 2.75) is 0 Å². The Morgan fingerprint density at radius 3 is 2.76 bits per heavy atom. The molecule has 1 aromatic carbocycles. The largest absolute Gasteiger partial charge is 0.465 e. The Morgan fingerprint density at radius 2 is 2.03 bits per heavy atom. The van der Waals surface area contributed by atoms with Crippen LogP contribution in [0.1, 0.15) is 15.9 Å². The molecule has 0 saturated carbocycles. The summed E-state index contributed by atoms with van der Waals surface area (Å²) in [6.45, 7) is 0. The average molecular weight is 447 g/mol. The fourth-order valence-electron chi connectivity index (χ4n) is 2.69. The Labute approximate surface area is 179 Å². The summed E-state index contributed by atoms with van der Waals surface area (Å²) in [5, 5.41) is 8.33. The zero-order valence-corrected chi connectivity index (χ0v) is 17.2. The van der Waals surface area contributed by atoms with Gasteiger partial charge < -0.3 is 10.1 Å². The number of nitrogens with zero attached hydrogens (tertiary/aromatic N) is 3. The first-order chi connectivity index (χ1) is 14.0. The summed E-state index contributed by atoms with van der Waals surface area (Å²) < 4.78 is 6.33. The summed E-state index contributed by atoms with van der Waals surface area (Å²) in [7, 11) is 1.31. The van der Waals surface area contributed by atoms with Crippen molar-refractivity contribution in [2.24, 2.45) is 4.99 Å². The van der Waals surface area contributed by atoms with E-state index in [1.807, 2.05) is 0 Å². The van der Waals surface area contributed by atoms with Crippen LogP contribution in [0.2, 0.25) is 10.0 Å². The second-order valence-corrected chi connectivity index (χ2v) is 7.74. The van der Waals surface area contributed by atoms with Crippen LogP contribution in [-0.4, -0.2) is 33.8 Å². The first kappa shape index (κ1) is 19.5. The highest BCUT2D eigenvalue weighted by Gasteiger charge is 2.23. The lowest BCUT2D eigenvalue weighted by Gasteiger charge is -2.08. The maximum absolute atomic E-state index is 12.3. The molecule has 0 bridgehead atoms. The minimum atomic E-state index is -0.484. The smallest absolute Gasteiger partial charge is 0.341 e. The Balaban J connectivity index is 1.60. The van der Waals surface area contributed by atoms with Gasteiger partial charge in [0.05, 0.1) is 39.5 Å². The van der Waals surface area contributed by atoms with E-state index in [4.69, 9.17) is 27.9 Å². The predicted molar refractivity (Wildman–Crippen MR) is 115 cm³/mol. The lowest BCUT2D eigenvalue weighted by Crippen LogP contribution is -2.05. The summed E-state index contributed by atoms with van der Waals surface area (Å²) in [6.07, 6.45) is 4.82. The minimum Gasteiger partial charge on any atom is -0.465 e. The van der Waals surface area contributed by atoms with Crippen LogP contribution in [0.15, 0.2) is 52.6 Å². The SMILES string of the molecule is COC(=O)c1cnn2ccc(/C=C3\SC(Nc4c(Cl)cccc4Cl)=NC3=O)cc12. The number of rotatable bonds is 3. The normalized spacial score (nSPS) is 15.1. The number of fused-ring (bicyclic) bond motifs is 1. The molecule has 10 heteroatoms. The highest BCUT2D eigenvalue weighted by molar-refractivity contribution is 8.18. The molecule has 4 rings (SSSR count). The number of anilines is 1. The molecule has 0 unspecified atom stereocenters. The van der Waals surface area contributed by atoms with Crippen LogP contribution in [0.5, 0.6) is 0 Å². The maximum Gasteiger partial charge on any atom is 0.341 e. The zero-order valence-electron chi connectivity index (χ0n) is 14.8. The molecule has 146 valence electrons. The summed E-state index contributed by atoms with van der Waals surface area (Å²) >= 11 is 13.5. The standard InChI is InChI=1S/C19H12Cl2N4O3S/c1-28-18(27)11-9-22-25-6-5-10(7-14(11)25)8-15-17(26)24-19(29-15)23-16-12(20)3-2-4-13(16)21/h2-9H,1H3,(H,23,24,26)/b15-8-. The highest BCUT2D eigenvalue weighted by atomic mass is 35.5. The first-order valence-electron chi connectivity index (χ1n) is 8.25. The third-order valence-corrected chi connectivity index (χ3v) is 5.59. The number of thioether (sulfide) groups is 1. The number of amidine groups is 1. The third-order valence-electron chi connectivity index (χ3n) is 4.06. The number of hydrogen-bond donors (Lipinski definition) is 1. The Kier molecular flexibility index (Phi) is 5.31. The van der Waals surface area contributed by atoms with Crippen LogP contribution in [0.25, 0.3) is 11.6 Å². The lowest BCUT2D eigenvalue weighted by atomic mass is 10.2. The van der Waals surface area contributed by atoms with Crippen LogP contribution in [0.4, 0.5) is 5.69 Å². The molecule has 1 aliphatic rings. The number of esters is 1. The second-order valence-electron chi connectivity index (χ2n) is 5.89. The Morgan fingerprint density at radius 1 is 1.28 bits per heavy atom. The molecule has 29 heavy (non-hydrogen) atoms. The molecule has 7 nitrogen and oxygen atoms in total. The number of aromatic nitrogens is 2. The van der Waals surface area contributed by atoms with Crippen molar-refractivity contribution in [3.63, 3.8) is 0 Å². The van der Waals surface area contributed by atoms with Gasteiger partial charge in [0.25, 0.3) is 5.91 Å². The monoisotopic (exact) mass is 446 g/mol. The van der Waals surface area contributed by atoms with Gasteiger partial charge in [0.1, 0.15) is 5.56 Å². The molecule has 0 radical (unpaired) electrons. The van der Waals surface area contributed by atoms with Gasteiger partial charge in [-0.15, -0.1) is 0 Å². The molecule has 3 aromatic rings. The molecule has 1 amide bonds. The number of benzene rings is 1. The molecule has 0 aliphatic carbocycles. The van der Waals surface area contributed by atoms with Crippen molar-refractivity contribution in [1.82, 2.24) is 9.61 Å². The summed E-state index contributed by atoms with van der Waals surface area (Å²) in [5.74, 6) is -0.871. The fourth-order valence-corrected chi connectivity index (χ4v) is 4.00. The third kappa shape index (κ3) is 3.87. The number of carbonyl (C=O) groups is 2. The number of carbonyl (C=O) groups excluding carboxylic acids is 2. The molecular formula is C19H12Cl2N4O3S. The maximum atomic E-state index is 12.3. The lowest BCUT2D eigenvalue weighted by molar-refractivity contribution is -0.113. The van der Waals surface area contributed by atoms with Crippen LogP contribution in [0.3, 0.4) is 0 Å². The van der Waals surface area contributed by atoms with E-state index in [0.29, 0.717) is 42.4 Å². The van der Waals surface area contributed by atoms with Gasteiger partial charge >= 0.3 is 5.97 Å². The summed E-state index contributed by atoms with van der Waals surface area (Å²) in [4.78, 5) is 28.6. The zero-order chi connectivity index (χ0) is 20.5. The highest BCUT2D eigenvalue weighted by Crippen LogP contribution is 2.34. The van der Waals surface area contributed by atoms with E-state index >= 15 is 0 Å². The molecule has 1 aliphatic heterocycles. The minimum absolute atomic E-state index is 0.338. The van der Waals surface area contributed by atoms with E-state index < -0.39 is 5.97 Å². The molecule has 0 atom stereocenters. The van der Waals surface area contributed by atoms with Crippen molar-refractivity contribution in [2.75, 3.05) is 12.4 Å². The first-order valence-corrected chi connectivity index (χ1v) is 9.83. The molecule has 3 heterocycles. The van der Waals surface area contributed by atoms with Gasteiger partial charge in [-0.05, 0) is 47.7 Å². The van der Waals surface area contributed by atoms with Crippen LogP contribution in [0, 0.1) is 0 Å². The molecular weight excluding hydrogens is 435 g/mol. The second kappa shape index (κ2) is 7.90. The van der Waals surface area contributed by atoms with Crippen LogP contribution >= 0.6 is 35.0 Å². The van der Waals surface area contributed by atoms with Gasteiger partial charge in [0.2, 0.25) is 0 Å². The number of pyridine rings is 1.